The molecule has 0 aliphatic rings. The Hall–Kier alpha value is -2.54. The summed E-state index contributed by atoms with van der Waals surface area (Å²) in [5.41, 5.74) is 0.541. The number of carbonyl (C=O) groups is 1. The Morgan fingerprint density at radius 2 is 1.89 bits per heavy atom. The molecule has 7 heteroatoms. The highest BCUT2D eigenvalue weighted by Gasteiger charge is 2.09. The summed E-state index contributed by atoms with van der Waals surface area (Å²) in [4.78, 5) is 21.0. The van der Waals surface area contributed by atoms with Crippen LogP contribution >= 0.6 is 12.2 Å². The summed E-state index contributed by atoms with van der Waals surface area (Å²) in [7, 11) is 0. The van der Waals surface area contributed by atoms with Gasteiger partial charge in [-0.3, -0.25) is 10.1 Å². The second kappa shape index (κ2) is 4.99. The van der Waals surface area contributed by atoms with Crippen LogP contribution in [0.3, 0.4) is 0 Å². The smallest absolute Gasteiger partial charge is 0.338 e. The minimum absolute atomic E-state index is 0.0100. The number of aromatic nitrogens is 1. The third-order valence-electron chi connectivity index (χ3n) is 2.52. The van der Waals surface area contributed by atoms with E-state index in [0.29, 0.717) is 5.69 Å². The topological polar surface area (TPSA) is 85.4 Å². The van der Waals surface area contributed by atoms with Gasteiger partial charge < -0.3 is 9.67 Å². The van der Waals surface area contributed by atoms with Gasteiger partial charge in [-0.25, -0.2) is 4.79 Å². The van der Waals surface area contributed by atoms with Crippen molar-refractivity contribution in [2.45, 2.75) is 0 Å². The van der Waals surface area contributed by atoms with Crippen LogP contribution in [0.1, 0.15) is 10.4 Å². The van der Waals surface area contributed by atoms with Crippen LogP contribution in [0.25, 0.3) is 5.69 Å². The molecule has 1 aromatic carbocycles. The van der Waals surface area contributed by atoms with Crippen LogP contribution in [-0.4, -0.2) is 20.6 Å². The van der Waals surface area contributed by atoms with Gasteiger partial charge >= 0.3 is 5.97 Å². The summed E-state index contributed by atoms with van der Waals surface area (Å²) in [5, 5.41) is 19.5. The first-order valence-corrected chi connectivity index (χ1v) is 5.61. The molecule has 1 aromatic heterocycles. The molecule has 6 nitrogen and oxygen atoms in total. The van der Waals surface area contributed by atoms with E-state index in [-0.39, 0.29) is 15.9 Å². The molecule has 2 rings (SSSR count). The lowest BCUT2D eigenvalue weighted by Gasteiger charge is -2.07. The molecule has 0 unspecified atom stereocenters. The fourth-order valence-corrected chi connectivity index (χ4v) is 1.92. The average Bonchev–Trinajstić information content (AvgIpc) is 2.38. The molecule has 0 spiro atoms. The molecule has 1 heterocycles. The molecule has 1 N–H and O–H groups in total. The van der Waals surface area contributed by atoms with E-state index in [1.807, 2.05) is 0 Å². The zero-order valence-electron chi connectivity index (χ0n) is 9.52. The van der Waals surface area contributed by atoms with E-state index in [2.05, 4.69) is 0 Å². The van der Waals surface area contributed by atoms with Crippen molar-refractivity contribution in [1.82, 2.24) is 4.57 Å². The highest BCUT2D eigenvalue weighted by atomic mass is 32.1. The molecular weight excluding hydrogens is 268 g/mol. The molecular formula is C12H8N2O4S. The van der Waals surface area contributed by atoms with E-state index in [9.17, 15) is 14.9 Å². The van der Waals surface area contributed by atoms with Gasteiger partial charge in [0.05, 0.1) is 10.5 Å². The second-order valence-corrected chi connectivity index (χ2v) is 4.06. The number of nitro groups is 1. The number of non-ortho nitro benzene ring substituents is 1. The number of benzene rings is 1. The number of pyridine rings is 1. The largest absolute Gasteiger partial charge is 0.478 e. The molecule has 0 fully saturated rings. The molecule has 0 bridgehead atoms. The minimum atomic E-state index is -1.11. The Morgan fingerprint density at radius 1 is 1.26 bits per heavy atom. The maximum atomic E-state index is 11.0. The fraction of sp³-hybridized carbons (Fsp3) is 0. The van der Waals surface area contributed by atoms with Crippen molar-refractivity contribution >= 4 is 23.9 Å². The van der Waals surface area contributed by atoms with Gasteiger partial charge in [-0.15, -0.1) is 0 Å². The molecule has 0 aliphatic heterocycles. The lowest BCUT2D eigenvalue weighted by Crippen LogP contribution is -2.04. The van der Waals surface area contributed by atoms with Crippen molar-refractivity contribution in [2.24, 2.45) is 0 Å². The highest BCUT2D eigenvalue weighted by molar-refractivity contribution is 7.71. The number of carboxylic acid groups (broad SMARTS) is 1. The number of hydrogen-bond donors (Lipinski definition) is 1. The molecule has 0 radical (unpaired) electrons. The van der Waals surface area contributed by atoms with Gasteiger partial charge in [-0.2, -0.15) is 0 Å². The first-order chi connectivity index (χ1) is 9.00. The van der Waals surface area contributed by atoms with E-state index in [0.717, 1.165) is 0 Å². The van der Waals surface area contributed by atoms with Crippen LogP contribution in [0.5, 0.6) is 0 Å². The van der Waals surface area contributed by atoms with E-state index in [1.165, 1.54) is 34.9 Å². The monoisotopic (exact) mass is 276 g/mol. The van der Waals surface area contributed by atoms with Crippen molar-refractivity contribution < 1.29 is 14.8 Å². The quantitative estimate of drug-likeness (QED) is 0.529. The molecule has 96 valence electrons. The molecule has 0 saturated carbocycles. The van der Waals surface area contributed by atoms with Gasteiger partial charge in [0.1, 0.15) is 4.64 Å². The van der Waals surface area contributed by atoms with Gasteiger partial charge in [-0.05, 0) is 24.3 Å². The van der Waals surface area contributed by atoms with Crippen molar-refractivity contribution in [1.29, 1.82) is 0 Å². The average molecular weight is 276 g/mol. The number of carboxylic acids is 1. The van der Waals surface area contributed by atoms with Gasteiger partial charge in [-0.1, -0.05) is 12.2 Å². The number of hydrogen-bond acceptors (Lipinski definition) is 4. The first-order valence-electron chi connectivity index (χ1n) is 5.20. The number of nitrogens with zero attached hydrogens (tertiary/aromatic N) is 2. The molecule has 0 saturated heterocycles. The Bertz CT molecular complexity index is 706. The molecule has 0 atom stereocenters. The van der Waals surface area contributed by atoms with E-state index < -0.39 is 10.9 Å². The first kappa shape index (κ1) is 12.9. The summed E-state index contributed by atoms with van der Waals surface area (Å²) in [5.74, 6) is -1.11. The lowest BCUT2D eigenvalue weighted by molar-refractivity contribution is -0.384. The van der Waals surface area contributed by atoms with E-state index in [1.54, 1.807) is 12.3 Å². The van der Waals surface area contributed by atoms with Crippen molar-refractivity contribution in [2.75, 3.05) is 0 Å². The molecule has 2 aromatic rings. The molecule has 0 amide bonds. The van der Waals surface area contributed by atoms with Gasteiger partial charge in [0, 0.05) is 24.0 Å². The molecule has 0 aliphatic carbocycles. The van der Waals surface area contributed by atoms with E-state index in [4.69, 9.17) is 17.3 Å². The van der Waals surface area contributed by atoms with Gasteiger partial charge in [0.15, 0.2) is 0 Å². The summed E-state index contributed by atoms with van der Waals surface area (Å²) in [6.07, 6.45) is 1.61. The third-order valence-corrected chi connectivity index (χ3v) is 2.93. The minimum Gasteiger partial charge on any atom is -0.478 e. The van der Waals surface area contributed by atoms with Crippen molar-refractivity contribution in [3.05, 3.63) is 62.9 Å². The second-order valence-electron chi connectivity index (χ2n) is 3.68. The van der Waals surface area contributed by atoms with Crippen LogP contribution in [0.15, 0.2) is 42.6 Å². The fourth-order valence-electron chi connectivity index (χ4n) is 1.60. The number of aromatic carboxylic acids is 1. The Kier molecular flexibility index (Phi) is 3.39. The summed E-state index contributed by atoms with van der Waals surface area (Å²) < 4.78 is 1.63. The predicted octanol–water partition coefficient (Wildman–Crippen LogP) is 2.81. The SMILES string of the molecule is O=C(O)c1cccn(-c2ccc([N+](=O)[O-])cc2)c1=S. The Balaban J connectivity index is 2.53. The normalized spacial score (nSPS) is 10.1. The summed E-state index contributed by atoms with van der Waals surface area (Å²) in [6, 6.07) is 8.67. The number of rotatable bonds is 3. The van der Waals surface area contributed by atoms with Crippen LogP contribution in [0.4, 0.5) is 5.69 Å². The highest BCUT2D eigenvalue weighted by Crippen LogP contribution is 2.16. The van der Waals surface area contributed by atoms with Gasteiger partial charge in [0.2, 0.25) is 0 Å². The van der Waals surface area contributed by atoms with Crippen LogP contribution in [0, 0.1) is 14.8 Å². The van der Waals surface area contributed by atoms with Crippen molar-refractivity contribution in [3.63, 3.8) is 0 Å². The van der Waals surface area contributed by atoms with Crippen LogP contribution < -0.4 is 0 Å². The Morgan fingerprint density at radius 3 is 2.42 bits per heavy atom. The van der Waals surface area contributed by atoms with Crippen molar-refractivity contribution in [3.8, 4) is 5.69 Å². The summed E-state index contributed by atoms with van der Waals surface area (Å²) in [6.45, 7) is 0. The maximum absolute atomic E-state index is 11.0. The zero-order valence-corrected chi connectivity index (χ0v) is 10.3. The lowest BCUT2D eigenvalue weighted by atomic mass is 10.2. The van der Waals surface area contributed by atoms with Crippen LogP contribution in [-0.2, 0) is 0 Å². The maximum Gasteiger partial charge on any atom is 0.338 e. The third kappa shape index (κ3) is 2.50. The van der Waals surface area contributed by atoms with Crippen LogP contribution in [0.2, 0.25) is 0 Å². The zero-order chi connectivity index (χ0) is 14.0. The number of nitro benzene ring substituents is 1. The predicted molar refractivity (Wildman–Crippen MR) is 70.2 cm³/mol. The van der Waals surface area contributed by atoms with Gasteiger partial charge in [0.25, 0.3) is 5.69 Å². The van der Waals surface area contributed by atoms with E-state index >= 15 is 0 Å². The summed E-state index contributed by atoms with van der Waals surface area (Å²) >= 11 is 5.08. The Labute approximate surface area is 112 Å². The standard InChI is InChI=1S/C12H8N2O4S/c15-12(16)10-2-1-7-13(11(10)19)8-3-5-9(6-4-8)14(17)18/h1-7H,(H,15,16). The molecule has 19 heavy (non-hydrogen) atoms.